The monoisotopic (exact) mass is 427 g/mol. The molecule has 0 saturated heterocycles. The van der Waals surface area contributed by atoms with Crippen molar-refractivity contribution in [3.8, 4) is 5.75 Å². The van der Waals surface area contributed by atoms with Gasteiger partial charge in [-0.05, 0) is 61.7 Å². The highest BCUT2D eigenvalue weighted by atomic mass is 16.5. The maximum Gasteiger partial charge on any atom is 0.121 e. The van der Waals surface area contributed by atoms with Gasteiger partial charge in [0.05, 0.1) is 20.9 Å². The highest BCUT2D eigenvalue weighted by molar-refractivity contribution is 5.36. The number of aliphatic hydroxyl groups is 2. The molecule has 5 heteroatoms. The zero-order valence-electron chi connectivity index (χ0n) is 28.8. The zero-order valence-corrected chi connectivity index (χ0v) is 16.8. The molecule has 0 fully saturated rings. The number of aliphatic hydroxyl groups excluding tert-OH is 1. The van der Waals surface area contributed by atoms with Crippen LogP contribution in [0.2, 0.25) is 0 Å². The topological polar surface area (TPSA) is 82.0 Å². The molecule has 0 aliphatic carbocycles. The van der Waals surface area contributed by atoms with Gasteiger partial charge in [0.2, 0.25) is 0 Å². The Kier molecular flexibility index (Phi) is 6.09. The number of ether oxygens (including phenoxy) is 1. The van der Waals surface area contributed by atoms with Gasteiger partial charge >= 0.3 is 0 Å². The van der Waals surface area contributed by atoms with Gasteiger partial charge in [0.25, 0.3) is 0 Å². The van der Waals surface area contributed by atoms with Gasteiger partial charge in [0.1, 0.15) is 5.75 Å². The maximum atomic E-state index is 10.7. The first-order valence-electron chi connectivity index (χ1n) is 15.8. The lowest BCUT2D eigenvalue weighted by Gasteiger charge is -2.14. The summed E-state index contributed by atoms with van der Waals surface area (Å²) < 4.78 is 102. The highest BCUT2D eigenvalue weighted by Gasteiger charge is 2.09. The Bertz CT molecular complexity index is 1200. The van der Waals surface area contributed by atoms with Crippen molar-refractivity contribution < 1.29 is 36.5 Å². The minimum Gasteiger partial charge on any atom is -0.508 e. The number of hydrogen-bond acceptors (Lipinski definition) is 5. The number of nitrogens with one attached hydrogen (secondary N) is 1. The Morgan fingerprint density at radius 3 is 2.70 bits per heavy atom. The molecule has 2 aromatic carbocycles. The van der Waals surface area contributed by atoms with E-state index in [-0.39, 0.29) is 6.61 Å². The number of hydrogen-bond donors (Lipinski definition) is 4. The molecule has 1 atom stereocenters. The Morgan fingerprint density at radius 1 is 1.10 bits per heavy atom. The van der Waals surface area contributed by atoms with Gasteiger partial charge in [-0.25, -0.2) is 0 Å². The van der Waals surface area contributed by atoms with Crippen LogP contribution in [0.4, 0.5) is 0 Å². The van der Waals surface area contributed by atoms with Crippen molar-refractivity contribution in [2.24, 2.45) is 0 Å². The van der Waals surface area contributed by atoms with Crippen molar-refractivity contribution in [2.75, 3.05) is 26.2 Å². The average molecular weight is 428 g/mol. The predicted octanol–water partition coefficient (Wildman–Crippen LogP) is 4.11. The lowest BCUT2D eigenvalue weighted by Crippen LogP contribution is -2.22. The van der Waals surface area contributed by atoms with Gasteiger partial charge in [-0.1, -0.05) is 49.2 Å². The van der Waals surface area contributed by atoms with Gasteiger partial charge in [0.15, 0.2) is 0 Å². The molecule has 0 radical (unpaired) electrons. The zero-order chi connectivity index (χ0) is 32.1. The molecule has 0 spiro atoms. The van der Waals surface area contributed by atoms with E-state index in [1.54, 1.807) is 0 Å². The Hall–Kier alpha value is -1.92. The van der Waals surface area contributed by atoms with Crippen molar-refractivity contribution >= 4 is 0 Å². The van der Waals surface area contributed by atoms with Gasteiger partial charge in [-0.2, -0.15) is 0 Å². The Balaban J connectivity index is 2.02. The van der Waals surface area contributed by atoms with E-state index < -0.39 is 92.9 Å². The van der Waals surface area contributed by atoms with E-state index in [0.29, 0.717) is 12.8 Å². The van der Waals surface area contributed by atoms with E-state index in [0.717, 1.165) is 12.0 Å². The smallest absolute Gasteiger partial charge is 0.121 e. The molecule has 0 saturated carbocycles. The number of rotatable bonds is 16. The molecule has 4 N–H and O–H groups in total. The molecule has 0 aromatic heterocycles. The van der Waals surface area contributed by atoms with Crippen LogP contribution in [0, 0.1) is 0 Å². The summed E-state index contributed by atoms with van der Waals surface area (Å²) in [6.45, 7) is -7.94. The van der Waals surface area contributed by atoms with Crippen LogP contribution in [0.5, 0.6) is 5.75 Å². The molecule has 30 heavy (non-hydrogen) atoms. The molecule has 0 amide bonds. The Morgan fingerprint density at radius 2 is 1.90 bits per heavy atom. The molecular formula is C25H37NO4. The second-order valence-corrected chi connectivity index (χ2v) is 6.41. The molecule has 166 valence electrons. The standard InChI is InChI=1S/C25H37NO4/c27-20-23-18-22(13-14-24(23)28)25(29)19-26-15-7-1-2-8-16-30-17-9-6-12-21-10-4-3-5-11-21/h3-5,10-11,13-14,18,25-29H,1-2,6-9,12,15-17,19-20H2/i7D2,8D2,13D,14D,15D2,16D2,18D,25D. The van der Waals surface area contributed by atoms with Crippen LogP contribution in [0.25, 0.3) is 0 Å². The van der Waals surface area contributed by atoms with Crippen molar-refractivity contribution in [1.82, 2.24) is 5.32 Å². The summed E-state index contributed by atoms with van der Waals surface area (Å²) in [6, 6.07) is 7.02. The molecule has 0 heterocycles. The summed E-state index contributed by atoms with van der Waals surface area (Å²) in [4.78, 5) is 0. The summed E-state index contributed by atoms with van der Waals surface area (Å²) in [5.41, 5.74) is -0.238. The van der Waals surface area contributed by atoms with Crippen molar-refractivity contribution in [3.05, 3.63) is 65.1 Å². The van der Waals surface area contributed by atoms with Crippen LogP contribution < -0.4 is 5.32 Å². The van der Waals surface area contributed by atoms with Crippen LogP contribution in [0.15, 0.2) is 48.5 Å². The summed E-state index contributed by atoms with van der Waals surface area (Å²) in [7, 11) is 0. The molecule has 0 bridgehead atoms. The first kappa shape index (κ1) is 12.2. The highest BCUT2D eigenvalue weighted by Crippen LogP contribution is 2.22. The van der Waals surface area contributed by atoms with Gasteiger partial charge in [-0.15, -0.1) is 0 Å². The number of phenols is 1. The fraction of sp³-hybridized carbons (Fsp3) is 0.520. The van der Waals surface area contributed by atoms with E-state index in [1.165, 1.54) is 0 Å². The third-order valence-corrected chi connectivity index (χ3v) is 4.07. The second kappa shape index (κ2) is 15.0. The first-order valence-corrected chi connectivity index (χ1v) is 9.79. The van der Waals surface area contributed by atoms with E-state index in [9.17, 15) is 15.3 Å². The molecule has 5 nitrogen and oxygen atoms in total. The minimum atomic E-state index is -3.02. The normalized spacial score (nSPS) is 21.0. The number of benzene rings is 2. The van der Waals surface area contributed by atoms with E-state index in [1.807, 2.05) is 35.6 Å². The van der Waals surface area contributed by atoms with Gasteiger partial charge in [-0.3, -0.25) is 0 Å². The second-order valence-electron chi connectivity index (χ2n) is 6.41. The van der Waals surface area contributed by atoms with E-state index in [4.69, 9.17) is 21.2 Å². The molecule has 2 rings (SSSR count). The number of aromatic hydroxyl groups is 1. The third kappa shape index (κ3) is 9.72. The minimum absolute atomic E-state index is 0.0814. The van der Waals surface area contributed by atoms with Gasteiger partial charge < -0.3 is 25.4 Å². The number of aryl methyl sites for hydroxylation is 1. The van der Waals surface area contributed by atoms with Crippen molar-refractivity contribution in [3.63, 3.8) is 0 Å². The average Bonchev–Trinajstić information content (AvgIpc) is 2.90. The van der Waals surface area contributed by atoms with Crippen LogP contribution in [-0.2, 0) is 17.8 Å². The van der Waals surface area contributed by atoms with Gasteiger partial charge in [0, 0.05) is 33.5 Å². The molecule has 2 aromatic rings. The van der Waals surface area contributed by atoms with Crippen molar-refractivity contribution in [2.45, 2.75) is 57.5 Å². The summed E-state index contributed by atoms with van der Waals surface area (Å²) in [6.07, 6.45) is -8.27. The van der Waals surface area contributed by atoms with Crippen LogP contribution >= 0.6 is 0 Å². The van der Waals surface area contributed by atoms with E-state index >= 15 is 0 Å². The quantitative estimate of drug-likeness (QED) is 0.303. The van der Waals surface area contributed by atoms with Crippen LogP contribution in [-0.4, -0.2) is 41.5 Å². The van der Waals surface area contributed by atoms with E-state index in [2.05, 4.69) is 0 Å². The predicted molar refractivity (Wildman–Crippen MR) is 121 cm³/mol. The summed E-state index contributed by atoms with van der Waals surface area (Å²) in [5, 5.41) is 32.0. The molecule has 0 aliphatic heterocycles. The lowest BCUT2D eigenvalue weighted by molar-refractivity contribution is 0.126. The van der Waals surface area contributed by atoms with Crippen molar-refractivity contribution in [1.29, 1.82) is 0 Å². The fourth-order valence-corrected chi connectivity index (χ4v) is 2.46. The largest absolute Gasteiger partial charge is 0.508 e. The summed E-state index contributed by atoms with van der Waals surface area (Å²) in [5.74, 6) is -0.878. The number of unbranched alkanes of at least 4 members (excludes halogenated alkanes) is 1. The van der Waals surface area contributed by atoms with Crippen LogP contribution in [0.1, 0.15) is 77.6 Å². The Labute approximate surface area is 197 Å². The lowest BCUT2D eigenvalue weighted by atomic mass is 10.1. The summed E-state index contributed by atoms with van der Waals surface area (Å²) >= 11 is 0. The van der Waals surface area contributed by atoms with Crippen LogP contribution in [0.3, 0.4) is 0 Å². The first-order chi connectivity index (χ1) is 19.2. The third-order valence-electron chi connectivity index (χ3n) is 4.07. The molecule has 0 aliphatic rings. The SMILES string of the molecule is [2H]c1c([2H])c(C([2H])(O)CNC([2H])([2H])C([2H])([2H])CCC([2H])([2H])C([2H])([2H])OCCCCc2ccccc2)c([2H])c(CO)c1O. The maximum absolute atomic E-state index is 10.7. The fourth-order valence-electron chi connectivity index (χ4n) is 2.46. The molecule has 1 unspecified atom stereocenters. The molecular weight excluding hydrogens is 378 g/mol.